The number of rotatable bonds is 4. The van der Waals surface area contributed by atoms with Gasteiger partial charge in [0.05, 0.1) is 18.3 Å². The van der Waals surface area contributed by atoms with Gasteiger partial charge in [0, 0.05) is 43.8 Å². The second kappa shape index (κ2) is 14.5. The van der Waals surface area contributed by atoms with E-state index < -0.39 is 5.60 Å². The second-order valence-corrected chi connectivity index (χ2v) is 14.9. The Balaban J connectivity index is 0.000000118. The first-order chi connectivity index (χ1) is 27.0. The molecule has 0 amide bonds. The van der Waals surface area contributed by atoms with Crippen LogP contribution in [0.25, 0.3) is 66.9 Å². The minimum absolute atomic E-state index is 0.0263. The molecule has 0 fully saturated rings. The Hall–Kier alpha value is -6.63. The van der Waals surface area contributed by atoms with Gasteiger partial charge in [-0.05, 0) is 61.4 Å². The third kappa shape index (κ3) is 6.69. The molecule has 0 aliphatic heterocycles. The van der Waals surface area contributed by atoms with Gasteiger partial charge < -0.3 is 23.1 Å². The van der Waals surface area contributed by atoms with Crippen molar-refractivity contribution in [3.8, 4) is 34.0 Å². The van der Waals surface area contributed by atoms with E-state index in [1.165, 1.54) is 29.2 Å². The van der Waals surface area contributed by atoms with E-state index in [1.807, 2.05) is 109 Å². The molecule has 9 aromatic rings. The Morgan fingerprint density at radius 1 is 0.589 bits per heavy atom. The van der Waals surface area contributed by atoms with E-state index in [-0.39, 0.29) is 11.4 Å². The van der Waals surface area contributed by atoms with Crippen molar-refractivity contribution in [3.05, 3.63) is 180 Å². The lowest BCUT2D eigenvalue weighted by molar-refractivity contribution is 0.0601. The molecule has 3 aromatic heterocycles. The fraction of sp³-hybridized carbons (Fsp3) is 0.140. The average Bonchev–Trinajstić information content (AvgIpc) is 4.00. The van der Waals surface area contributed by atoms with Crippen LogP contribution in [0.2, 0.25) is 0 Å². The van der Waals surface area contributed by atoms with Crippen molar-refractivity contribution in [2.24, 2.45) is 0 Å². The number of hydrogen-bond donors (Lipinski definition) is 1. The lowest BCUT2D eigenvalue weighted by Gasteiger charge is -2.20. The van der Waals surface area contributed by atoms with E-state index in [0.717, 1.165) is 55.7 Å². The Kier molecular flexibility index (Phi) is 9.44. The van der Waals surface area contributed by atoms with E-state index in [9.17, 15) is 9.90 Å². The number of carbonyl (C=O) groups excluding carboxylic acids is 1. The number of para-hydroxylation sites is 3. The van der Waals surface area contributed by atoms with Gasteiger partial charge in [-0.1, -0.05) is 135 Å². The molecule has 10 rings (SSSR count). The first-order valence-electron chi connectivity index (χ1n) is 18.6. The summed E-state index contributed by atoms with van der Waals surface area (Å²) >= 11 is 0. The molecule has 0 saturated heterocycles. The van der Waals surface area contributed by atoms with Gasteiger partial charge in [0.1, 0.15) is 34.0 Å². The highest BCUT2D eigenvalue weighted by atomic mass is 16.5. The summed E-state index contributed by atoms with van der Waals surface area (Å²) in [5.41, 5.74) is 8.78. The number of hydrogen-bond acceptors (Lipinski definition) is 6. The third-order valence-corrected chi connectivity index (χ3v) is 10.4. The first-order valence-corrected chi connectivity index (χ1v) is 18.6. The summed E-state index contributed by atoms with van der Waals surface area (Å²) in [5.74, 6) is 2.15. The van der Waals surface area contributed by atoms with Gasteiger partial charge in [-0.15, -0.1) is 0 Å². The summed E-state index contributed by atoms with van der Waals surface area (Å²) in [6.45, 7) is 8.13. The highest BCUT2D eigenvalue weighted by molar-refractivity contribution is 5.98. The molecule has 56 heavy (non-hydrogen) atoms. The monoisotopic (exact) mass is 738 g/mol. The Labute approximate surface area is 325 Å². The molecule has 1 N–H and O–H groups in total. The van der Waals surface area contributed by atoms with Crippen LogP contribution in [0.4, 0.5) is 0 Å². The van der Waals surface area contributed by atoms with E-state index >= 15 is 0 Å². The molecule has 0 unspecified atom stereocenters. The topological polar surface area (TPSA) is 86.0 Å². The predicted octanol–water partition coefficient (Wildman–Crippen LogP) is 13.0. The zero-order valence-corrected chi connectivity index (χ0v) is 32.0. The zero-order chi connectivity index (χ0) is 39.0. The fourth-order valence-electron chi connectivity index (χ4n) is 7.66. The summed E-state index contributed by atoms with van der Waals surface area (Å²) in [6, 6.07) is 51.5. The quantitative estimate of drug-likeness (QED) is 0.181. The number of aliphatic hydroxyl groups is 1. The molecule has 6 nitrogen and oxygen atoms in total. The molecule has 0 atom stereocenters. The molecule has 1 aliphatic rings. The minimum Gasteiger partial charge on any atom is -0.465 e. The van der Waals surface area contributed by atoms with Gasteiger partial charge in [0.15, 0.2) is 0 Å². The number of methoxy groups -OCH3 is 1. The zero-order valence-electron chi connectivity index (χ0n) is 32.0. The maximum atomic E-state index is 11.8. The second-order valence-electron chi connectivity index (χ2n) is 14.9. The van der Waals surface area contributed by atoms with Gasteiger partial charge in [0.2, 0.25) is 0 Å². The number of carbonyl (C=O) groups is 1. The molecule has 6 heteroatoms. The highest BCUT2D eigenvalue weighted by Crippen LogP contribution is 2.52. The van der Waals surface area contributed by atoms with Crippen molar-refractivity contribution < 1.29 is 27.9 Å². The lowest BCUT2D eigenvalue weighted by Crippen LogP contribution is -2.16. The van der Waals surface area contributed by atoms with Crippen LogP contribution in [0.1, 0.15) is 54.7 Å². The molecule has 6 aromatic carbocycles. The molecule has 0 spiro atoms. The van der Waals surface area contributed by atoms with Crippen molar-refractivity contribution in [1.29, 1.82) is 0 Å². The van der Waals surface area contributed by atoms with E-state index in [0.29, 0.717) is 11.3 Å². The Bertz CT molecular complexity index is 2770. The fourth-order valence-corrected chi connectivity index (χ4v) is 7.66. The SMILES string of the molecule is CC(C)(O)c1ccccc1-c1cc2ccccc2o1.CC1(C)c2ccccc2-c2oc3ccccc3c21.COC(=O)c1ccccc1-c1cc2ccccc2o1. The van der Waals surface area contributed by atoms with Crippen LogP contribution >= 0.6 is 0 Å². The molecule has 278 valence electrons. The number of benzene rings is 6. The molecule has 0 saturated carbocycles. The van der Waals surface area contributed by atoms with Gasteiger partial charge in [0.25, 0.3) is 0 Å². The van der Waals surface area contributed by atoms with Gasteiger partial charge in [-0.25, -0.2) is 4.79 Å². The van der Waals surface area contributed by atoms with Crippen molar-refractivity contribution in [2.75, 3.05) is 7.11 Å². The van der Waals surface area contributed by atoms with E-state index in [2.05, 4.69) is 50.2 Å². The largest absolute Gasteiger partial charge is 0.465 e. The smallest absolute Gasteiger partial charge is 0.338 e. The first kappa shape index (κ1) is 36.4. The van der Waals surface area contributed by atoms with Crippen LogP contribution in [0.3, 0.4) is 0 Å². The standard InChI is InChI=1S/C17H16O2.C17H14O.C16H12O3/c1-17(2,18)14-9-5-4-8-13(14)16-11-12-7-3-6-10-15(12)19-16;1-17(2)13-9-5-3-7-11(13)16-15(17)12-8-4-6-10-14(12)18-16;1-18-16(17)13-8-4-3-7-12(13)15-10-11-6-2-5-9-14(11)19-15/h3-11,18H,1-2H3;3-10H,1-2H3;2-10H,1H3. The van der Waals surface area contributed by atoms with Crippen LogP contribution in [0, 0.1) is 0 Å². The minimum atomic E-state index is -0.893. The molecule has 0 bridgehead atoms. The van der Waals surface area contributed by atoms with Crippen LogP contribution in [0.15, 0.2) is 171 Å². The van der Waals surface area contributed by atoms with E-state index in [4.69, 9.17) is 18.0 Å². The molecule has 0 radical (unpaired) electrons. The van der Waals surface area contributed by atoms with Crippen LogP contribution in [-0.4, -0.2) is 18.2 Å². The van der Waals surface area contributed by atoms with Crippen molar-refractivity contribution in [1.82, 2.24) is 0 Å². The van der Waals surface area contributed by atoms with Crippen LogP contribution < -0.4 is 0 Å². The summed E-state index contributed by atoms with van der Waals surface area (Å²) < 4.78 is 22.5. The normalized spacial score (nSPS) is 12.7. The van der Waals surface area contributed by atoms with Crippen molar-refractivity contribution in [2.45, 2.75) is 38.7 Å². The highest BCUT2D eigenvalue weighted by Gasteiger charge is 2.39. The molecule has 3 heterocycles. The molecular weight excluding hydrogens is 697 g/mol. The number of fused-ring (bicyclic) bond motifs is 7. The predicted molar refractivity (Wildman–Crippen MR) is 224 cm³/mol. The van der Waals surface area contributed by atoms with Crippen LogP contribution in [-0.2, 0) is 15.8 Å². The lowest BCUT2D eigenvalue weighted by atomic mass is 9.81. The summed E-state index contributed by atoms with van der Waals surface area (Å²) in [5, 5.41) is 13.6. The van der Waals surface area contributed by atoms with E-state index in [1.54, 1.807) is 26.0 Å². The summed E-state index contributed by atoms with van der Waals surface area (Å²) in [4.78, 5) is 11.8. The molecular formula is C50H42O6. The van der Waals surface area contributed by atoms with Crippen molar-refractivity contribution >= 4 is 38.9 Å². The maximum Gasteiger partial charge on any atom is 0.338 e. The number of ether oxygens (including phenoxy) is 1. The maximum absolute atomic E-state index is 11.8. The van der Waals surface area contributed by atoms with Crippen molar-refractivity contribution in [3.63, 3.8) is 0 Å². The summed E-state index contributed by atoms with van der Waals surface area (Å²) in [7, 11) is 1.37. The Morgan fingerprint density at radius 2 is 1.09 bits per heavy atom. The number of esters is 1. The van der Waals surface area contributed by atoms with Gasteiger partial charge >= 0.3 is 5.97 Å². The average molecular weight is 739 g/mol. The summed E-state index contributed by atoms with van der Waals surface area (Å²) in [6.07, 6.45) is 0. The van der Waals surface area contributed by atoms with Crippen LogP contribution in [0.5, 0.6) is 0 Å². The number of furan rings is 3. The van der Waals surface area contributed by atoms with Gasteiger partial charge in [-0.3, -0.25) is 0 Å². The van der Waals surface area contributed by atoms with Gasteiger partial charge in [-0.2, -0.15) is 0 Å². The Morgan fingerprint density at radius 3 is 1.71 bits per heavy atom. The third-order valence-electron chi connectivity index (χ3n) is 10.4. The molecule has 1 aliphatic carbocycles.